The molecule has 0 aliphatic heterocycles. The number of aliphatic hydroxyl groups excluding tert-OH is 1. The Labute approximate surface area is 92.9 Å². The highest BCUT2D eigenvalue weighted by molar-refractivity contribution is 5.58. The molecule has 5 heteroatoms. The molecule has 0 saturated heterocycles. The van der Waals surface area contributed by atoms with E-state index in [-0.39, 0.29) is 12.5 Å². The normalized spacial score (nSPS) is 12.7. The fraction of sp³-hybridized carbons (Fsp3) is 0.273. The summed E-state index contributed by atoms with van der Waals surface area (Å²) in [5.74, 6) is 0.748. The van der Waals surface area contributed by atoms with Crippen molar-refractivity contribution < 1.29 is 9.63 Å². The van der Waals surface area contributed by atoms with Crippen molar-refractivity contribution in [1.82, 2.24) is 10.1 Å². The summed E-state index contributed by atoms with van der Waals surface area (Å²) in [7, 11) is 0. The third kappa shape index (κ3) is 1.95. The van der Waals surface area contributed by atoms with E-state index in [2.05, 4.69) is 10.1 Å². The lowest BCUT2D eigenvalue weighted by Gasteiger charge is -1.99. The zero-order valence-corrected chi connectivity index (χ0v) is 8.92. The van der Waals surface area contributed by atoms with Crippen LogP contribution in [0.3, 0.4) is 0 Å². The van der Waals surface area contributed by atoms with Crippen LogP contribution in [-0.4, -0.2) is 21.9 Å². The first kappa shape index (κ1) is 10.8. The van der Waals surface area contributed by atoms with Crippen LogP contribution in [0, 0.1) is 6.92 Å². The van der Waals surface area contributed by atoms with Gasteiger partial charge in [0, 0.05) is 5.56 Å². The number of hydrogen-bond acceptors (Lipinski definition) is 5. The molecule has 0 aliphatic rings. The minimum atomic E-state index is -0.620. The van der Waals surface area contributed by atoms with Gasteiger partial charge in [-0.1, -0.05) is 29.4 Å². The molecule has 0 aliphatic carbocycles. The summed E-state index contributed by atoms with van der Waals surface area (Å²) in [6, 6.07) is 7.11. The molecular weight excluding hydrogens is 206 g/mol. The molecule has 5 nitrogen and oxygen atoms in total. The summed E-state index contributed by atoms with van der Waals surface area (Å²) in [4.78, 5) is 4.15. The number of nitrogens with two attached hydrogens (primary N) is 1. The highest BCUT2D eigenvalue weighted by Crippen LogP contribution is 2.20. The Kier molecular flexibility index (Phi) is 2.98. The summed E-state index contributed by atoms with van der Waals surface area (Å²) >= 11 is 0. The van der Waals surface area contributed by atoms with Crippen molar-refractivity contribution in [2.24, 2.45) is 5.73 Å². The first-order valence-electron chi connectivity index (χ1n) is 4.98. The van der Waals surface area contributed by atoms with Crippen molar-refractivity contribution in [3.05, 3.63) is 35.7 Å². The lowest BCUT2D eigenvalue weighted by molar-refractivity contribution is 0.237. The fourth-order valence-electron chi connectivity index (χ4n) is 1.40. The van der Waals surface area contributed by atoms with Gasteiger partial charge in [-0.2, -0.15) is 4.98 Å². The van der Waals surface area contributed by atoms with Gasteiger partial charge in [0.05, 0.1) is 6.61 Å². The van der Waals surface area contributed by atoms with Gasteiger partial charge in [0.2, 0.25) is 11.7 Å². The third-order valence-electron chi connectivity index (χ3n) is 2.34. The summed E-state index contributed by atoms with van der Waals surface area (Å²) in [5.41, 5.74) is 7.55. The first-order valence-corrected chi connectivity index (χ1v) is 4.98. The van der Waals surface area contributed by atoms with Gasteiger partial charge in [-0.3, -0.25) is 0 Å². The van der Waals surface area contributed by atoms with Gasteiger partial charge in [-0.05, 0) is 12.5 Å². The maximum absolute atomic E-state index is 8.87. The summed E-state index contributed by atoms with van der Waals surface area (Å²) < 4.78 is 4.98. The van der Waals surface area contributed by atoms with E-state index in [0.29, 0.717) is 5.82 Å². The fourth-order valence-corrected chi connectivity index (χ4v) is 1.40. The van der Waals surface area contributed by atoms with Crippen molar-refractivity contribution in [2.45, 2.75) is 13.0 Å². The summed E-state index contributed by atoms with van der Waals surface area (Å²) in [6.07, 6.45) is 0. The van der Waals surface area contributed by atoms with Crippen LogP contribution in [-0.2, 0) is 0 Å². The van der Waals surface area contributed by atoms with E-state index < -0.39 is 6.04 Å². The Bertz CT molecular complexity index is 482. The molecule has 0 bridgehead atoms. The van der Waals surface area contributed by atoms with Gasteiger partial charge < -0.3 is 15.4 Å². The van der Waals surface area contributed by atoms with E-state index in [9.17, 15) is 0 Å². The molecule has 1 heterocycles. The Hall–Kier alpha value is -1.72. The zero-order valence-electron chi connectivity index (χ0n) is 8.92. The Morgan fingerprint density at radius 1 is 1.44 bits per heavy atom. The maximum atomic E-state index is 8.87. The Morgan fingerprint density at radius 3 is 2.88 bits per heavy atom. The molecule has 2 aromatic rings. The third-order valence-corrected chi connectivity index (χ3v) is 2.34. The van der Waals surface area contributed by atoms with Crippen LogP contribution < -0.4 is 5.73 Å². The SMILES string of the molecule is Cc1ccccc1-c1noc([C@@H](N)CO)n1. The van der Waals surface area contributed by atoms with E-state index in [1.807, 2.05) is 31.2 Å². The Morgan fingerprint density at radius 2 is 2.19 bits per heavy atom. The topological polar surface area (TPSA) is 85.2 Å². The monoisotopic (exact) mass is 219 g/mol. The molecule has 1 atom stereocenters. The number of aliphatic hydroxyl groups is 1. The molecule has 0 amide bonds. The molecular formula is C11H13N3O2. The van der Waals surface area contributed by atoms with E-state index >= 15 is 0 Å². The molecule has 0 fully saturated rings. The lowest BCUT2D eigenvalue weighted by atomic mass is 10.1. The van der Waals surface area contributed by atoms with Gasteiger partial charge >= 0.3 is 0 Å². The number of aromatic nitrogens is 2. The molecule has 84 valence electrons. The van der Waals surface area contributed by atoms with Crippen LogP contribution in [0.4, 0.5) is 0 Å². The maximum Gasteiger partial charge on any atom is 0.246 e. The average molecular weight is 219 g/mol. The van der Waals surface area contributed by atoms with Crippen molar-refractivity contribution in [3.8, 4) is 11.4 Å². The number of aryl methyl sites for hydroxylation is 1. The van der Waals surface area contributed by atoms with Gasteiger partial charge in [0.25, 0.3) is 0 Å². The molecule has 0 radical (unpaired) electrons. The first-order chi connectivity index (χ1) is 7.72. The van der Waals surface area contributed by atoms with Gasteiger partial charge in [0.1, 0.15) is 6.04 Å². The molecule has 2 rings (SSSR count). The number of hydrogen-bond donors (Lipinski definition) is 2. The van der Waals surface area contributed by atoms with Crippen LogP contribution in [0.15, 0.2) is 28.8 Å². The smallest absolute Gasteiger partial charge is 0.246 e. The molecule has 0 unspecified atom stereocenters. The quantitative estimate of drug-likeness (QED) is 0.805. The van der Waals surface area contributed by atoms with Crippen LogP contribution >= 0.6 is 0 Å². The predicted molar refractivity (Wildman–Crippen MR) is 58.5 cm³/mol. The van der Waals surface area contributed by atoms with E-state index in [1.54, 1.807) is 0 Å². The highest BCUT2D eigenvalue weighted by atomic mass is 16.5. The molecule has 1 aromatic heterocycles. The zero-order chi connectivity index (χ0) is 11.5. The van der Waals surface area contributed by atoms with Crippen molar-refractivity contribution >= 4 is 0 Å². The van der Waals surface area contributed by atoms with Crippen molar-refractivity contribution in [3.63, 3.8) is 0 Å². The van der Waals surface area contributed by atoms with E-state index in [0.717, 1.165) is 11.1 Å². The van der Waals surface area contributed by atoms with Crippen molar-refractivity contribution in [2.75, 3.05) is 6.61 Å². The molecule has 0 spiro atoms. The van der Waals surface area contributed by atoms with Crippen LogP contribution in [0.2, 0.25) is 0 Å². The van der Waals surface area contributed by atoms with Gasteiger partial charge in [-0.15, -0.1) is 0 Å². The predicted octanol–water partition coefficient (Wildman–Crippen LogP) is 1.04. The molecule has 3 N–H and O–H groups in total. The minimum Gasteiger partial charge on any atom is -0.394 e. The lowest BCUT2D eigenvalue weighted by Crippen LogP contribution is -2.14. The van der Waals surface area contributed by atoms with E-state index in [1.165, 1.54) is 0 Å². The summed E-state index contributed by atoms with van der Waals surface area (Å²) in [5, 5.41) is 12.7. The number of benzene rings is 1. The second-order valence-electron chi connectivity index (χ2n) is 3.56. The number of rotatable bonds is 3. The largest absolute Gasteiger partial charge is 0.394 e. The van der Waals surface area contributed by atoms with Gasteiger partial charge in [-0.25, -0.2) is 0 Å². The molecule has 0 saturated carbocycles. The summed E-state index contributed by atoms with van der Waals surface area (Å²) in [6.45, 7) is 1.76. The van der Waals surface area contributed by atoms with E-state index in [4.69, 9.17) is 15.4 Å². The standard InChI is InChI=1S/C11H13N3O2/c1-7-4-2-3-5-8(7)10-13-11(16-14-10)9(12)6-15/h2-5,9,15H,6,12H2,1H3/t9-/m0/s1. The van der Waals surface area contributed by atoms with Crippen molar-refractivity contribution in [1.29, 1.82) is 0 Å². The number of nitrogens with zero attached hydrogens (tertiary/aromatic N) is 2. The molecule has 1 aromatic carbocycles. The second kappa shape index (κ2) is 4.42. The van der Waals surface area contributed by atoms with Crippen LogP contribution in [0.5, 0.6) is 0 Å². The van der Waals surface area contributed by atoms with Crippen LogP contribution in [0.1, 0.15) is 17.5 Å². The molecule has 16 heavy (non-hydrogen) atoms. The van der Waals surface area contributed by atoms with Crippen LogP contribution in [0.25, 0.3) is 11.4 Å². The Balaban J connectivity index is 2.35. The second-order valence-corrected chi connectivity index (χ2v) is 3.56. The minimum absolute atomic E-state index is 0.213. The highest BCUT2D eigenvalue weighted by Gasteiger charge is 2.15. The average Bonchev–Trinajstić information content (AvgIpc) is 2.78. The van der Waals surface area contributed by atoms with Gasteiger partial charge in [0.15, 0.2) is 0 Å².